The van der Waals surface area contributed by atoms with Crippen molar-refractivity contribution in [2.45, 2.75) is 20.0 Å². The van der Waals surface area contributed by atoms with Gasteiger partial charge in [0, 0.05) is 17.1 Å². The maximum atomic E-state index is 12.9. The second kappa shape index (κ2) is 7.64. The minimum absolute atomic E-state index is 0.181. The van der Waals surface area contributed by atoms with E-state index in [9.17, 15) is 32.9 Å². The van der Waals surface area contributed by atoms with Gasteiger partial charge in [-0.25, -0.2) is 4.79 Å². The Labute approximate surface area is 148 Å². The molecule has 0 atom stereocenters. The average Bonchev–Trinajstić information content (AvgIpc) is 2.46. The van der Waals surface area contributed by atoms with E-state index in [4.69, 9.17) is 5.11 Å². The number of carboxylic acid groups (broad SMARTS) is 1. The molecule has 25 heavy (non-hydrogen) atoms. The minimum Gasteiger partial charge on any atom is -0.478 e. The molecule has 1 N–H and O–H groups in total. The molecule has 0 fully saturated rings. The van der Waals surface area contributed by atoms with E-state index in [0.29, 0.717) is 11.6 Å². The van der Waals surface area contributed by atoms with E-state index in [2.05, 4.69) is 15.9 Å². The van der Waals surface area contributed by atoms with E-state index < -0.39 is 46.5 Å². The molecule has 0 aromatic heterocycles. The van der Waals surface area contributed by atoms with Gasteiger partial charge in [0.2, 0.25) is 0 Å². The second-order valence-electron chi connectivity index (χ2n) is 5.08. The predicted molar refractivity (Wildman–Crippen MR) is 85.6 cm³/mol. The van der Waals surface area contributed by atoms with Crippen LogP contribution >= 0.6 is 15.9 Å². The Balaban J connectivity index is 3.68. The summed E-state index contributed by atoms with van der Waals surface area (Å²) < 4.78 is 38.4. The fraction of sp³-hybridized carbons (Fsp3) is 0.286. The fourth-order valence-corrected chi connectivity index (χ4v) is 2.48. The summed E-state index contributed by atoms with van der Waals surface area (Å²) in [5.41, 5.74) is -1.54. The number of anilines is 1. The average molecular weight is 425 g/mol. The Morgan fingerprint density at radius 2 is 1.92 bits per heavy atom. The van der Waals surface area contributed by atoms with Crippen molar-refractivity contribution < 1.29 is 32.8 Å². The van der Waals surface area contributed by atoms with Crippen molar-refractivity contribution >= 4 is 39.2 Å². The lowest BCUT2D eigenvalue weighted by Gasteiger charge is -2.24. The van der Waals surface area contributed by atoms with Crippen LogP contribution in [0.3, 0.4) is 0 Å². The number of hydrogen-bond acceptors (Lipinski definition) is 4. The number of benzene rings is 1. The van der Waals surface area contributed by atoms with Gasteiger partial charge in [-0.15, -0.1) is 0 Å². The van der Waals surface area contributed by atoms with Gasteiger partial charge in [-0.3, -0.25) is 19.8 Å². The van der Waals surface area contributed by atoms with Crippen LogP contribution in [0.15, 0.2) is 28.3 Å². The molecule has 7 nitrogen and oxygen atoms in total. The van der Waals surface area contributed by atoms with Gasteiger partial charge in [0.15, 0.2) is 0 Å². The third-order valence-corrected chi connectivity index (χ3v) is 3.53. The number of nitro benzene ring substituents is 1. The first-order valence-corrected chi connectivity index (χ1v) is 7.38. The fourth-order valence-electron chi connectivity index (χ4n) is 1.82. The van der Waals surface area contributed by atoms with E-state index >= 15 is 0 Å². The standard InChI is InChI=1S/C14H12BrF3N2O5/c1-7(2)3-4-19(13(23)14(16,17)18)11-9(15)5-8(12(21)22)6-10(11)20(24)25/h3,5-6H,4H2,1-2H3,(H,21,22). The molecule has 0 saturated heterocycles. The molecule has 1 aromatic rings. The number of aromatic carboxylic acids is 1. The number of alkyl halides is 3. The van der Waals surface area contributed by atoms with E-state index in [1.54, 1.807) is 13.8 Å². The normalized spacial score (nSPS) is 11.0. The maximum absolute atomic E-state index is 12.9. The Morgan fingerprint density at radius 3 is 2.32 bits per heavy atom. The van der Waals surface area contributed by atoms with Crippen LogP contribution < -0.4 is 4.90 Å². The number of carboxylic acids is 1. The van der Waals surface area contributed by atoms with Crippen LogP contribution in [-0.4, -0.2) is 34.6 Å². The zero-order valence-corrected chi connectivity index (χ0v) is 14.5. The van der Waals surface area contributed by atoms with Gasteiger partial charge >= 0.3 is 18.1 Å². The highest BCUT2D eigenvalue weighted by Gasteiger charge is 2.45. The molecule has 136 valence electrons. The molecule has 0 aliphatic carbocycles. The summed E-state index contributed by atoms with van der Waals surface area (Å²) >= 11 is 2.83. The van der Waals surface area contributed by atoms with Crippen LogP contribution in [-0.2, 0) is 4.79 Å². The van der Waals surface area contributed by atoms with Crippen LogP contribution in [0, 0.1) is 10.1 Å². The summed E-state index contributed by atoms with van der Waals surface area (Å²) in [6.45, 7) is 2.58. The monoisotopic (exact) mass is 424 g/mol. The molecular weight excluding hydrogens is 413 g/mol. The number of carbonyl (C=O) groups is 2. The number of nitro groups is 1. The molecule has 1 rings (SSSR count). The van der Waals surface area contributed by atoms with Crippen molar-refractivity contribution in [1.82, 2.24) is 0 Å². The third kappa shape index (κ3) is 5.02. The van der Waals surface area contributed by atoms with Crippen molar-refractivity contribution in [3.8, 4) is 0 Å². The van der Waals surface area contributed by atoms with E-state index in [-0.39, 0.29) is 9.37 Å². The lowest BCUT2D eigenvalue weighted by atomic mass is 10.1. The highest BCUT2D eigenvalue weighted by atomic mass is 79.9. The van der Waals surface area contributed by atoms with Crippen molar-refractivity contribution in [1.29, 1.82) is 0 Å². The van der Waals surface area contributed by atoms with E-state index in [1.807, 2.05) is 0 Å². The van der Waals surface area contributed by atoms with Crippen LogP contribution in [0.5, 0.6) is 0 Å². The molecule has 0 unspecified atom stereocenters. The first-order chi connectivity index (χ1) is 11.4. The summed E-state index contributed by atoms with van der Waals surface area (Å²) in [7, 11) is 0. The Morgan fingerprint density at radius 1 is 1.36 bits per heavy atom. The van der Waals surface area contributed by atoms with Gasteiger partial charge < -0.3 is 5.11 Å². The lowest BCUT2D eigenvalue weighted by molar-refractivity contribution is -0.384. The van der Waals surface area contributed by atoms with Gasteiger partial charge in [-0.05, 0) is 35.8 Å². The molecule has 1 amide bonds. The Bertz CT molecular complexity index is 758. The number of amides is 1. The van der Waals surface area contributed by atoms with Crippen molar-refractivity contribution in [3.63, 3.8) is 0 Å². The third-order valence-electron chi connectivity index (χ3n) is 2.93. The van der Waals surface area contributed by atoms with Crippen molar-refractivity contribution in [3.05, 3.63) is 43.9 Å². The van der Waals surface area contributed by atoms with E-state index in [0.717, 1.165) is 6.07 Å². The van der Waals surface area contributed by atoms with Crippen LogP contribution in [0.25, 0.3) is 0 Å². The number of rotatable bonds is 5. The first kappa shape index (κ1) is 20.6. The van der Waals surface area contributed by atoms with E-state index in [1.165, 1.54) is 6.08 Å². The summed E-state index contributed by atoms with van der Waals surface area (Å²) in [5.74, 6) is -3.81. The predicted octanol–water partition coefficient (Wildman–Crippen LogP) is 3.92. The zero-order chi connectivity index (χ0) is 19.5. The SMILES string of the molecule is CC(C)=CCN(C(=O)C(F)(F)F)c1c(Br)cc(C(=O)O)cc1[N+](=O)[O-]. The van der Waals surface area contributed by atoms with Gasteiger partial charge in [0.25, 0.3) is 5.69 Å². The molecule has 0 aliphatic rings. The number of hydrogen-bond donors (Lipinski definition) is 1. The lowest BCUT2D eigenvalue weighted by Crippen LogP contribution is -2.42. The molecule has 0 radical (unpaired) electrons. The topological polar surface area (TPSA) is 101 Å². The number of allylic oxidation sites excluding steroid dienone is 1. The van der Waals surface area contributed by atoms with Crippen LogP contribution in [0.4, 0.5) is 24.5 Å². The summed E-state index contributed by atoms with van der Waals surface area (Å²) in [5, 5.41) is 20.2. The minimum atomic E-state index is -5.27. The Kier molecular flexibility index (Phi) is 6.30. The highest BCUT2D eigenvalue weighted by molar-refractivity contribution is 9.10. The maximum Gasteiger partial charge on any atom is 0.471 e. The first-order valence-electron chi connectivity index (χ1n) is 6.59. The highest BCUT2D eigenvalue weighted by Crippen LogP contribution is 2.39. The van der Waals surface area contributed by atoms with Gasteiger partial charge in [0.05, 0.1) is 10.5 Å². The van der Waals surface area contributed by atoms with Crippen LogP contribution in [0.2, 0.25) is 0 Å². The Hall–Kier alpha value is -2.43. The molecular formula is C14H12BrF3N2O5. The number of halogens is 4. The van der Waals surface area contributed by atoms with Crippen molar-refractivity contribution in [2.24, 2.45) is 0 Å². The molecule has 1 aromatic carbocycles. The van der Waals surface area contributed by atoms with Gasteiger partial charge in [0.1, 0.15) is 5.69 Å². The quantitative estimate of drug-likeness (QED) is 0.438. The smallest absolute Gasteiger partial charge is 0.471 e. The van der Waals surface area contributed by atoms with Gasteiger partial charge in [-0.1, -0.05) is 11.6 Å². The summed E-state index contributed by atoms with van der Waals surface area (Å²) in [6, 6.07) is 1.49. The molecule has 11 heteroatoms. The largest absolute Gasteiger partial charge is 0.478 e. The zero-order valence-electron chi connectivity index (χ0n) is 12.9. The summed E-state index contributed by atoms with van der Waals surface area (Å²) in [4.78, 5) is 33.1. The second-order valence-corrected chi connectivity index (χ2v) is 5.94. The molecule has 0 bridgehead atoms. The summed E-state index contributed by atoms with van der Waals surface area (Å²) in [6.07, 6.45) is -3.99. The van der Waals surface area contributed by atoms with Gasteiger partial charge in [-0.2, -0.15) is 13.2 Å². The molecule has 0 spiro atoms. The van der Waals surface area contributed by atoms with Crippen molar-refractivity contribution in [2.75, 3.05) is 11.4 Å². The molecule has 0 aliphatic heterocycles. The molecule has 0 saturated carbocycles. The number of carbonyl (C=O) groups excluding carboxylic acids is 1. The number of nitrogens with zero attached hydrogens (tertiary/aromatic N) is 2. The molecule has 0 heterocycles. The van der Waals surface area contributed by atoms with Crippen LogP contribution in [0.1, 0.15) is 24.2 Å².